The Hall–Kier alpha value is -2.92. The van der Waals surface area contributed by atoms with Gasteiger partial charge in [-0.3, -0.25) is 4.98 Å². The Morgan fingerprint density at radius 3 is 2.30 bits per heavy atom. The number of aromatic nitrogens is 2. The van der Waals surface area contributed by atoms with Crippen molar-refractivity contribution in [2.75, 3.05) is 18.0 Å². The summed E-state index contributed by atoms with van der Waals surface area (Å²) in [6.07, 6.45) is 14.3. The normalized spacial score (nSPS) is 10.7. The van der Waals surface area contributed by atoms with E-state index in [1.54, 1.807) is 0 Å². The van der Waals surface area contributed by atoms with Crippen molar-refractivity contribution in [2.24, 2.45) is 5.92 Å². The second-order valence-electron chi connectivity index (χ2n) is 7.39. The molecule has 5 heteroatoms. The summed E-state index contributed by atoms with van der Waals surface area (Å²) in [6, 6.07) is 9.29. The number of hydrogen-bond donors (Lipinski definition) is 0. The van der Waals surface area contributed by atoms with E-state index in [0.717, 1.165) is 38.0 Å². The molecule has 0 spiro atoms. The van der Waals surface area contributed by atoms with Gasteiger partial charge in [-0.15, -0.1) is 12.8 Å². The molecule has 0 aliphatic carbocycles. The molecule has 1 unspecified atom stereocenters. The molecule has 0 saturated heterocycles. The van der Waals surface area contributed by atoms with E-state index in [4.69, 9.17) is 5.26 Å². The summed E-state index contributed by atoms with van der Waals surface area (Å²) < 4.78 is 13.1. The number of nitriles is 1. The Morgan fingerprint density at radius 1 is 1.13 bits per heavy atom. The molecule has 0 N–H and O–H groups in total. The van der Waals surface area contributed by atoms with Gasteiger partial charge in [-0.05, 0) is 42.9 Å². The maximum Gasteiger partial charge on any atom is 0.146 e. The highest BCUT2D eigenvalue weighted by atomic mass is 19.1. The molecule has 0 fully saturated rings. The Kier molecular flexibility index (Phi) is 14.4. The summed E-state index contributed by atoms with van der Waals surface area (Å²) in [5.74, 6) is 1.23. The van der Waals surface area contributed by atoms with Crippen molar-refractivity contribution in [1.82, 2.24) is 9.97 Å². The quantitative estimate of drug-likeness (QED) is 0.486. The molecule has 0 saturated carbocycles. The third kappa shape index (κ3) is 10.0. The smallest absolute Gasteiger partial charge is 0.146 e. The maximum atomic E-state index is 13.1. The van der Waals surface area contributed by atoms with Gasteiger partial charge >= 0.3 is 0 Å². The van der Waals surface area contributed by atoms with Crippen molar-refractivity contribution in [2.45, 2.75) is 59.8 Å². The highest BCUT2D eigenvalue weighted by Gasteiger charge is 2.15. The first-order chi connectivity index (χ1) is 14.4. The summed E-state index contributed by atoms with van der Waals surface area (Å²) in [5.41, 5.74) is 1.48. The minimum Gasteiger partial charge on any atom is -0.355 e. The molecule has 0 aromatic carbocycles. The van der Waals surface area contributed by atoms with Gasteiger partial charge in [0.1, 0.15) is 17.7 Å². The molecule has 2 rings (SSSR count). The third-order valence-corrected chi connectivity index (χ3v) is 4.34. The van der Waals surface area contributed by atoms with Crippen molar-refractivity contribution >= 4 is 5.82 Å². The zero-order valence-electron chi connectivity index (χ0n) is 19.0. The average molecular weight is 411 g/mol. The van der Waals surface area contributed by atoms with Crippen LogP contribution < -0.4 is 4.90 Å². The highest BCUT2D eigenvalue weighted by molar-refractivity contribution is 5.53. The molecular weight excluding hydrogens is 375 g/mol. The molecule has 0 amide bonds. The predicted molar refractivity (Wildman–Crippen MR) is 124 cm³/mol. The van der Waals surface area contributed by atoms with Gasteiger partial charge in [0, 0.05) is 25.0 Å². The van der Waals surface area contributed by atoms with Crippen LogP contribution in [0.1, 0.15) is 71.1 Å². The number of anilines is 1. The van der Waals surface area contributed by atoms with E-state index in [0.29, 0.717) is 23.2 Å². The standard InChI is InChI=1S/C15H22FN3.C8H11N.C2H2/c1-4-6-12(3)11-19(7-5-2)15-13(9-17)8-14(16)10-18-15;1-7(2)8-5-3-4-6-9-8;1-2/h8,10,12H,4-7,11H2,1-3H3;3-7H,1-2H3;1-2H. The Morgan fingerprint density at radius 2 is 1.83 bits per heavy atom. The lowest BCUT2D eigenvalue weighted by molar-refractivity contribution is 0.508. The second-order valence-corrected chi connectivity index (χ2v) is 7.39. The third-order valence-electron chi connectivity index (χ3n) is 4.34. The van der Waals surface area contributed by atoms with Crippen LogP contribution in [0.3, 0.4) is 0 Å². The SMILES string of the molecule is C#C.CC(C)c1ccccn1.CCCC(C)CN(CCC)c1ncc(F)cc1C#N. The van der Waals surface area contributed by atoms with Crippen LogP contribution >= 0.6 is 0 Å². The zero-order chi connectivity index (χ0) is 22.9. The molecule has 162 valence electrons. The number of pyridine rings is 2. The van der Waals surface area contributed by atoms with E-state index >= 15 is 0 Å². The monoisotopic (exact) mass is 410 g/mol. The number of nitrogens with zero attached hydrogens (tertiary/aromatic N) is 4. The first kappa shape index (κ1) is 27.1. The van der Waals surface area contributed by atoms with Crippen molar-refractivity contribution in [3.05, 3.63) is 53.7 Å². The summed E-state index contributed by atoms with van der Waals surface area (Å²) in [4.78, 5) is 10.4. The largest absolute Gasteiger partial charge is 0.355 e. The minimum atomic E-state index is -0.460. The summed E-state index contributed by atoms with van der Waals surface area (Å²) in [6.45, 7) is 12.4. The number of rotatable bonds is 8. The molecule has 1 atom stereocenters. The molecular formula is C25H35FN4. The van der Waals surface area contributed by atoms with E-state index in [1.807, 2.05) is 30.5 Å². The first-order valence-corrected chi connectivity index (χ1v) is 10.5. The fourth-order valence-electron chi connectivity index (χ4n) is 3.00. The van der Waals surface area contributed by atoms with E-state index in [9.17, 15) is 4.39 Å². The molecule has 2 aromatic heterocycles. The minimum absolute atomic E-state index is 0.317. The fraction of sp³-hybridized carbons (Fsp3) is 0.480. The van der Waals surface area contributed by atoms with Crippen molar-refractivity contribution in [1.29, 1.82) is 5.26 Å². The maximum absolute atomic E-state index is 13.1. The average Bonchev–Trinajstić information content (AvgIpc) is 2.76. The van der Waals surface area contributed by atoms with Crippen LogP contribution in [0.4, 0.5) is 10.2 Å². The molecule has 2 heterocycles. The first-order valence-electron chi connectivity index (χ1n) is 10.5. The lowest BCUT2D eigenvalue weighted by atomic mass is 10.1. The molecule has 0 aliphatic heterocycles. The van der Waals surface area contributed by atoms with Gasteiger partial charge in [-0.1, -0.05) is 47.1 Å². The van der Waals surface area contributed by atoms with E-state index in [-0.39, 0.29) is 0 Å². The molecule has 4 nitrogen and oxygen atoms in total. The van der Waals surface area contributed by atoms with Gasteiger partial charge in [-0.25, -0.2) is 9.37 Å². The summed E-state index contributed by atoms with van der Waals surface area (Å²) in [5, 5.41) is 9.11. The Balaban J connectivity index is 0.000000636. The van der Waals surface area contributed by atoms with Gasteiger partial charge in [0.25, 0.3) is 0 Å². The summed E-state index contributed by atoms with van der Waals surface area (Å²) in [7, 11) is 0. The van der Waals surface area contributed by atoms with Crippen LogP contribution in [0.25, 0.3) is 0 Å². The predicted octanol–water partition coefficient (Wildman–Crippen LogP) is 6.20. The van der Waals surface area contributed by atoms with E-state index in [2.05, 4.69) is 62.3 Å². The Labute approximate surface area is 182 Å². The van der Waals surface area contributed by atoms with Crippen molar-refractivity contribution in [3.8, 4) is 18.9 Å². The molecule has 2 aromatic rings. The number of terminal acetylenes is 1. The lowest BCUT2D eigenvalue weighted by Gasteiger charge is -2.27. The van der Waals surface area contributed by atoms with E-state index in [1.165, 1.54) is 12.3 Å². The molecule has 0 aliphatic rings. The van der Waals surface area contributed by atoms with E-state index < -0.39 is 5.82 Å². The fourth-order valence-corrected chi connectivity index (χ4v) is 3.00. The number of halogens is 1. The molecule has 30 heavy (non-hydrogen) atoms. The second kappa shape index (κ2) is 15.9. The molecule has 0 bridgehead atoms. The van der Waals surface area contributed by atoms with Gasteiger partial charge in [-0.2, -0.15) is 5.26 Å². The molecule has 0 radical (unpaired) electrons. The lowest BCUT2D eigenvalue weighted by Crippen LogP contribution is -2.30. The highest BCUT2D eigenvalue weighted by Crippen LogP contribution is 2.20. The van der Waals surface area contributed by atoms with Crippen LogP contribution in [0.5, 0.6) is 0 Å². The topological polar surface area (TPSA) is 52.8 Å². The summed E-state index contributed by atoms with van der Waals surface area (Å²) >= 11 is 0. The van der Waals surface area contributed by atoms with Crippen LogP contribution in [0.2, 0.25) is 0 Å². The number of hydrogen-bond acceptors (Lipinski definition) is 4. The van der Waals surface area contributed by atoms with Crippen LogP contribution in [0.15, 0.2) is 36.7 Å². The Bertz CT molecular complexity index is 766. The van der Waals surface area contributed by atoms with Crippen molar-refractivity contribution in [3.63, 3.8) is 0 Å². The zero-order valence-corrected chi connectivity index (χ0v) is 19.0. The van der Waals surface area contributed by atoms with Gasteiger partial charge in [0.15, 0.2) is 0 Å². The van der Waals surface area contributed by atoms with Gasteiger partial charge < -0.3 is 4.90 Å². The van der Waals surface area contributed by atoms with Crippen LogP contribution in [0, 0.1) is 35.9 Å². The van der Waals surface area contributed by atoms with Gasteiger partial charge in [0.05, 0.1) is 11.8 Å². The van der Waals surface area contributed by atoms with Crippen molar-refractivity contribution < 1.29 is 4.39 Å². The van der Waals surface area contributed by atoms with Crippen LogP contribution in [-0.2, 0) is 0 Å². The van der Waals surface area contributed by atoms with Crippen LogP contribution in [-0.4, -0.2) is 23.1 Å². The van der Waals surface area contributed by atoms with Gasteiger partial charge in [0.2, 0.25) is 0 Å².